The third-order valence-corrected chi connectivity index (χ3v) is 15.4. The molecule has 0 bridgehead atoms. The van der Waals surface area contributed by atoms with Gasteiger partial charge in [-0.15, -0.1) is 11.3 Å². The minimum absolute atomic E-state index is 0.103. The molecular weight excluding hydrogens is 808 g/mol. The van der Waals surface area contributed by atoms with E-state index in [4.69, 9.17) is 4.42 Å². The van der Waals surface area contributed by atoms with Gasteiger partial charge >= 0.3 is 0 Å². The second-order valence-electron chi connectivity index (χ2n) is 17.5. The van der Waals surface area contributed by atoms with Gasteiger partial charge in [0.15, 0.2) is 0 Å². The van der Waals surface area contributed by atoms with Gasteiger partial charge in [-0.2, -0.15) is 0 Å². The van der Waals surface area contributed by atoms with Crippen LogP contribution in [-0.4, -0.2) is 11.3 Å². The summed E-state index contributed by atoms with van der Waals surface area (Å²) in [6.45, 7) is -0.103. The smallest absolute Gasteiger partial charge is 0.254 e. The third kappa shape index (κ3) is 4.85. The lowest BCUT2D eigenvalue weighted by Crippen LogP contribution is -2.60. The van der Waals surface area contributed by atoms with Gasteiger partial charge in [-0.05, 0) is 87.2 Å². The van der Waals surface area contributed by atoms with Gasteiger partial charge < -0.3 is 13.9 Å². The summed E-state index contributed by atoms with van der Waals surface area (Å²) in [4.78, 5) is 2.63. The number of aromatic nitrogens is 1. The van der Waals surface area contributed by atoms with Crippen molar-refractivity contribution in [2.24, 2.45) is 0 Å². The molecule has 65 heavy (non-hydrogen) atoms. The first-order valence-electron chi connectivity index (χ1n) is 22.4. The largest absolute Gasteiger partial charge is 0.456 e. The fourth-order valence-corrected chi connectivity index (χ4v) is 12.7. The Bertz CT molecular complexity index is 4070. The first-order valence-corrected chi connectivity index (χ1v) is 23.2. The van der Waals surface area contributed by atoms with Crippen molar-refractivity contribution < 1.29 is 4.42 Å². The topological polar surface area (TPSA) is 21.3 Å². The fourth-order valence-electron chi connectivity index (χ4n) is 11.5. The highest BCUT2D eigenvalue weighted by Crippen LogP contribution is 2.51. The first kappa shape index (κ1) is 35.4. The van der Waals surface area contributed by atoms with Crippen LogP contribution in [0.4, 0.5) is 17.1 Å². The van der Waals surface area contributed by atoms with Gasteiger partial charge in [0.1, 0.15) is 11.2 Å². The Morgan fingerprint density at radius 3 is 1.78 bits per heavy atom. The maximum atomic E-state index is 6.86. The van der Waals surface area contributed by atoms with Crippen LogP contribution in [-0.2, 0) is 0 Å². The summed E-state index contributed by atoms with van der Waals surface area (Å²) in [5.41, 5.74) is 20.0. The van der Waals surface area contributed by atoms with E-state index in [1.165, 1.54) is 103 Å². The molecule has 0 saturated heterocycles. The maximum absolute atomic E-state index is 6.86. The average molecular weight is 843 g/mol. The van der Waals surface area contributed by atoms with Crippen LogP contribution in [0.2, 0.25) is 0 Å². The number of rotatable bonds is 4. The summed E-state index contributed by atoms with van der Waals surface area (Å²) in [5.74, 6) is 0. The van der Waals surface area contributed by atoms with E-state index in [9.17, 15) is 0 Å². The molecule has 0 N–H and O–H groups in total. The Morgan fingerprint density at radius 1 is 0.400 bits per heavy atom. The molecule has 5 heteroatoms. The molecule has 0 spiro atoms. The number of hydrogen-bond donors (Lipinski definition) is 0. The van der Waals surface area contributed by atoms with Crippen molar-refractivity contribution in [2.75, 3.05) is 4.90 Å². The Hall–Kier alpha value is -8.12. The van der Waals surface area contributed by atoms with Gasteiger partial charge in [0, 0.05) is 69.9 Å². The second kappa shape index (κ2) is 13.2. The molecule has 2 aliphatic heterocycles. The molecule has 0 radical (unpaired) electrons. The van der Waals surface area contributed by atoms with Crippen LogP contribution in [0.3, 0.4) is 0 Å². The molecule has 0 saturated carbocycles. The highest BCUT2D eigenvalue weighted by atomic mass is 32.1. The molecule has 3 nitrogen and oxygen atoms in total. The maximum Gasteiger partial charge on any atom is 0.254 e. The van der Waals surface area contributed by atoms with E-state index in [0.29, 0.717) is 0 Å². The molecule has 15 rings (SSSR count). The van der Waals surface area contributed by atoms with Crippen LogP contribution < -0.4 is 21.3 Å². The minimum Gasteiger partial charge on any atom is -0.456 e. The van der Waals surface area contributed by atoms with Crippen molar-refractivity contribution in [1.29, 1.82) is 0 Å². The Labute approximate surface area is 378 Å². The first-order chi connectivity index (χ1) is 32.3. The number of benzene rings is 10. The Kier molecular flexibility index (Phi) is 7.19. The molecule has 2 aliphatic rings. The molecule has 10 aromatic carbocycles. The monoisotopic (exact) mass is 842 g/mol. The summed E-state index contributed by atoms with van der Waals surface area (Å²) >= 11 is 1.93. The minimum atomic E-state index is -0.103. The molecule has 0 amide bonds. The molecule has 0 aliphatic carbocycles. The number of thiophene rings is 1. The highest BCUT2D eigenvalue weighted by Gasteiger charge is 2.45. The van der Waals surface area contributed by atoms with Gasteiger partial charge in [0.25, 0.3) is 6.71 Å². The van der Waals surface area contributed by atoms with Crippen molar-refractivity contribution >= 4 is 115 Å². The zero-order valence-electron chi connectivity index (χ0n) is 35.0. The molecular formula is C60H35BN2OS. The lowest BCUT2D eigenvalue weighted by Gasteiger charge is -2.42. The fraction of sp³-hybridized carbons (Fsp3) is 0. The van der Waals surface area contributed by atoms with Crippen LogP contribution >= 0.6 is 11.3 Å². The predicted molar refractivity (Wildman–Crippen MR) is 277 cm³/mol. The number of hydrogen-bond acceptors (Lipinski definition) is 3. The lowest BCUT2D eigenvalue weighted by molar-refractivity contribution is 0.669. The zero-order valence-corrected chi connectivity index (χ0v) is 35.8. The number of anilines is 3. The number of furan rings is 1. The van der Waals surface area contributed by atoms with Crippen LogP contribution in [0.5, 0.6) is 0 Å². The van der Waals surface area contributed by atoms with E-state index in [1.54, 1.807) is 0 Å². The van der Waals surface area contributed by atoms with Crippen LogP contribution in [0.25, 0.3) is 103 Å². The summed E-state index contributed by atoms with van der Waals surface area (Å²) in [7, 11) is 0. The highest BCUT2D eigenvalue weighted by molar-refractivity contribution is 7.28. The van der Waals surface area contributed by atoms with Gasteiger partial charge in [-0.3, -0.25) is 0 Å². The van der Waals surface area contributed by atoms with E-state index in [-0.39, 0.29) is 6.71 Å². The molecule has 0 unspecified atom stereocenters. The Balaban J connectivity index is 1.19. The normalized spacial score (nSPS) is 12.9. The lowest BCUT2D eigenvalue weighted by atomic mass is 9.33. The summed E-state index contributed by atoms with van der Waals surface area (Å²) in [5, 5.41) is 7.41. The van der Waals surface area contributed by atoms with Gasteiger partial charge in [-0.25, -0.2) is 0 Å². The van der Waals surface area contributed by atoms with E-state index < -0.39 is 0 Å². The van der Waals surface area contributed by atoms with Crippen molar-refractivity contribution in [3.63, 3.8) is 0 Å². The predicted octanol–water partition coefficient (Wildman–Crippen LogP) is 14.7. The van der Waals surface area contributed by atoms with E-state index in [2.05, 4.69) is 222 Å². The second-order valence-corrected chi connectivity index (χ2v) is 18.6. The summed E-state index contributed by atoms with van der Waals surface area (Å²) < 4.78 is 12.1. The molecule has 5 heterocycles. The quantitative estimate of drug-likeness (QED) is 0.165. The van der Waals surface area contributed by atoms with Crippen LogP contribution in [0, 0.1) is 0 Å². The molecule has 0 atom stereocenters. The summed E-state index contributed by atoms with van der Waals surface area (Å²) in [6.07, 6.45) is 0. The molecule has 3 aromatic heterocycles. The number of nitrogens with zero attached hydrogens (tertiary/aromatic N) is 2. The van der Waals surface area contributed by atoms with Crippen molar-refractivity contribution in [3.8, 4) is 39.1 Å². The van der Waals surface area contributed by atoms with E-state index >= 15 is 0 Å². The third-order valence-electron chi connectivity index (χ3n) is 14.1. The standard InChI is InChI=1S/C60H35BN2OS/c1-4-17-36(18-5-1)39-31-51-56-52(32-39)63(58-40(37-19-6-2-7-20-37)26-16-27-41(58)38-21-8-3-9-22-38)50-34-45-43-24-11-14-29-53(43)64-54(45)35-48(50)61(56)57-59-46(42-23-10-13-28-49(42)62(51)59)33-47-44-25-12-15-30-55(44)65-60(47)57/h1-35H. The SMILES string of the molecule is c1ccc(-c2cc3c4c(c2)-n2c5ccccc5c5cc6c(sc7ccccc76)c(c52)B4c2cc4oc5ccccc5c4cc2N3c2c(-c3ccccc3)cccc2-c2ccccc2)cc1. The number of para-hydroxylation sites is 3. The summed E-state index contributed by atoms with van der Waals surface area (Å²) in [6, 6.07) is 78.4. The van der Waals surface area contributed by atoms with Crippen molar-refractivity contribution in [1.82, 2.24) is 4.57 Å². The Morgan fingerprint density at radius 2 is 1.03 bits per heavy atom. The van der Waals surface area contributed by atoms with Gasteiger partial charge in [0.05, 0.1) is 16.7 Å². The molecule has 0 fully saturated rings. The van der Waals surface area contributed by atoms with Crippen LogP contribution in [0.15, 0.2) is 217 Å². The molecule has 13 aromatic rings. The zero-order chi connectivity index (χ0) is 42.3. The van der Waals surface area contributed by atoms with E-state index in [1.807, 2.05) is 11.3 Å². The van der Waals surface area contributed by atoms with Gasteiger partial charge in [-0.1, -0.05) is 164 Å². The van der Waals surface area contributed by atoms with Crippen molar-refractivity contribution in [3.05, 3.63) is 212 Å². The molecule has 300 valence electrons. The van der Waals surface area contributed by atoms with Gasteiger partial charge in [0.2, 0.25) is 0 Å². The van der Waals surface area contributed by atoms with Crippen LogP contribution in [0.1, 0.15) is 0 Å². The number of fused-ring (bicyclic) bond motifs is 14. The van der Waals surface area contributed by atoms with E-state index in [0.717, 1.165) is 33.3 Å². The van der Waals surface area contributed by atoms with Crippen molar-refractivity contribution in [2.45, 2.75) is 0 Å². The average Bonchev–Trinajstić information content (AvgIpc) is 4.04.